The minimum absolute atomic E-state index is 0.379. The third-order valence-corrected chi connectivity index (χ3v) is 1.62. The minimum atomic E-state index is -4.07. The molecule has 0 aromatic carbocycles. The Balaban J connectivity index is 3.73. The zero-order valence-corrected chi connectivity index (χ0v) is 7.93. The summed E-state index contributed by atoms with van der Waals surface area (Å²) in [5.74, 6) is 3.20. The highest BCUT2D eigenvalue weighted by molar-refractivity contribution is 7.85. The van der Waals surface area contributed by atoms with E-state index in [1.54, 1.807) is 6.92 Å². The number of hydrogen-bond acceptors (Lipinski definition) is 4. The second-order valence-electron chi connectivity index (χ2n) is 2.08. The molecule has 0 amide bonds. The summed E-state index contributed by atoms with van der Waals surface area (Å²) >= 11 is 0. The maximum atomic E-state index is 10.6. The van der Waals surface area contributed by atoms with Crippen molar-refractivity contribution < 1.29 is 22.5 Å². The summed E-state index contributed by atoms with van der Waals surface area (Å²) in [5, 5.41) is 0. The molecule has 0 aliphatic carbocycles. The van der Waals surface area contributed by atoms with Gasteiger partial charge in [-0.25, -0.2) is 4.79 Å². The molecule has 0 spiro atoms. The van der Waals surface area contributed by atoms with Crippen molar-refractivity contribution in [3.63, 3.8) is 0 Å². The first-order valence-corrected chi connectivity index (χ1v) is 5.17. The van der Waals surface area contributed by atoms with Gasteiger partial charge in [0.15, 0.2) is 0 Å². The molecule has 5 nitrogen and oxygen atoms in total. The van der Waals surface area contributed by atoms with Crippen molar-refractivity contribution in [2.24, 2.45) is 0 Å². The van der Waals surface area contributed by atoms with E-state index < -0.39 is 21.8 Å². The van der Waals surface area contributed by atoms with Gasteiger partial charge in [0.1, 0.15) is 12.4 Å². The van der Waals surface area contributed by atoms with E-state index in [4.69, 9.17) is 4.55 Å². The van der Waals surface area contributed by atoms with E-state index >= 15 is 0 Å². The first-order chi connectivity index (χ1) is 5.95. The fourth-order valence-electron chi connectivity index (χ4n) is 0.436. The van der Waals surface area contributed by atoms with Gasteiger partial charge >= 0.3 is 5.97 Å². The highest BCUT2D eigenvalue weighted by Crippen LogP contribution is 1.84. The molecule has 0 aliphatic rings. The van der Waals surface area contributed by atoms with Gasteiger partial charge in [0.05, 0.1) is 0 Å². The summed E-state index contributed by atoms with van der Waals surface area (Å²) in [6.07, 6.45) is 0.521. The van der Waals surface area contributed by atoms with Crippen molar-refractivity contribution in [2.45, 2.75) is 13.3 Å². The van der Waals surface area contributed by atoms with Crippen LogP contribution in [0.2, 0.25) is 0 Å². The van der Waals surface area contributed by atoms with Crippen molar-refractivity contribution >= 4 is 16.1 Å². The number of hydrogen-bond donors (Lipinski definition) is 1. The number of carbonyl (C=O) groups is 1. The van der Waals surface area contributed by atoms with Gasteiger partial charge in [-0.2, -0.15) is 8.42 Å². The molecule has 0 rings (SSSR count). The van der Waals surface area contributed by atoms with Crippen molar-refractivity contribution in [1.82, 2.24) is 0 Å². The summed E-state index contributed by atoms with van der Waals surface area (Å²) < 4.78 is 32.9. The van der Waals surface area contributed by atoms with Crippen LogP contribution in [0, 0.1) is 11.8 Å². The molecule has 6 heteroatoms. The quantitative estimate of drug-likeness (QED) is 0.300. The molecular weight excluding hydrogens is 196 g/mol. The predicted molar refractivity (Wildman–Crippen MR) is 45.4 cm³/mol. The zero-order valence-electron chi connectivity index (χ0n) is 7.11. The summed E-state index contributed by atoms with van der Waals surface area (Å²) in [6, 6.07) is 0. The molecule has 0 aromatic heterocycles. The molecule has 0 saturated carbocycles. The third-order valence-electron chi connectivity index (χ3n) is 0.942. The van der Waals surface area contributed by atoms with Crippen LogP contribution in [0.25, 0.3) is 0 Å². The Bertz CT molecular complexity index is 319. The number of ether oxygens (including phenoxy) is 1. The molecular formula is C7H10O5S. The van der Waals surface area contributed by atoms with Gasteiger partial charge in [0.2, 0.25) is 0 Å². The second kappa shape index (κ2) is 5.56. The van der Waals surface area contributed by atoms with Crippen LogP contribution in [0.5, 0.6) is 0 Å². The third kappa shape index (κ3) is 8.85. The maximum Gasteiger partial charge on any atom is 0.384 e. The summed E-state index contributed by atoms with van der Waals surface area (Å²) in [7, 11) is -4.07. The Hall–Kier alpha value is -1.06. The Labute approximate surface area is 76.8 Å². The highest BCUT2D eigenvalue weighted by Gasteiger charge is 2.05. The van der Waals surface area contributed by atoms with Crippen LogP contribution in [0.1, 0.15) is 13.3 Å². The first kappa shape index (κ1) is 11.9. The van der Waals surface area contributed by atoms with Crippen LogP contribution < -0.4 is 0 Å². The van der Waals surface area contributed by atoms with Crippen molar-refractivity contribution in [3.05, 3.63) is 0 Å². The smallest absolute Gasteiger partial charge is 0.384 e. The van der Waals surface area contributed by atoms with Gasteiger partial charge < -0.3 is 4.74 Å². The Morgan fingerprint density at radius 2 is 2.15 bits per heavy atom. The lowest BCUT2D eigenvalue weighted by molar-refractivity contribution is -0.136. The van der Waals surface area contributed by atoms with E-state index in [9.17, 15) is 13.2 Å². The van der Waals surface area contributed by atoms with Crippen LogP contribution in [0.3, 0.4) is 0 Å². The average molecular weight is 206 g/mol. The minimum Gasteiger partial charge on any atom is -0.455 e. The molecule has 0 fully saturated rings. The van der Waals surface area contributed by atoms with E-state index in [1.807, 2.05) is 0 Å². The standard InChI is InChI=1S/C7H10O5S/c1-2-3-4-7(8)12-5-6-13(9,10)11/h2,5-6H2,1H3,(H,9,10,11). The van der Waals surface area contributed by atoms with Gasteiger partial charge in [0.25, 0.3) is 10.1 Å². The zero-order chi connectivity index (χ0) is 10.3. The summed E-state index contributed by atoms with van der Waals surface area (Å²) in [4.78, 5) is 10.6. The molecule has 13 heavy (non-hydrogen) atoms. The summed E-state index contributed by atoms with van der Waals surface area (Å²) in [6.45, 7) is 1.38. The normalized spacial score (nSPS) is 10.0. The molecule has 0 saturated heterocycles. The maximum absolute atomic E-state index is 10.6. The van der Waals surface area contributed by atoms with E-state index in [-0.39, 0.29) is 6.61 Å². The molecule has 0 unspecified atom stereocenters. The molecule has 0 aliphatic heterocycles. The lowest BCUT2D eigenvalue weighted by atomic mass is 10.5. The van der Waals surface area contributed by atoms with E-state index in [0.29, 0.717) is 6.42 Å². The summed E-state index contributed by atoms with van der Waals surface area (Å²) in [5.41, 5.74) is 0. The van der Waals surface area contributed by atoms with Crippen molar-refractivity contribution in [3.8, 4) is 11.8 Å². The van der Waals surface area contributed by atoms with Gasteiger partial charge in [0, 0.05) is 12.3 Å². The van der Waals surface area contributed by atoms with Crippen LogP contribution in [-0.2, 0) is 19.6 Å². The Morgan fingerprint density at radius 1 is 1.54 bits per heavy atom. The van der Waals surface area contributed by atoms with Gasteiger partial charge in [-0.15, -0.1) is 0 Å². The van der Waals surface area contributed by atoms with Gasteiger partial charge in [-0.05, 0) is 0 Å². The largest absolute Gasteiger partial charge is 0.455 e. The van der Waals surface area contributed by atoms with E-state index in [0.717, 1.165) is 0 Å². The molecule has 0 atom stereocenters. The van der Waals surface area contributed by atoms with Crippen molar-refractivity contribution in [2.75, 3.05) is 12.4 Å². The lowest BCUT2D eigenvalue weighted by Gasteiger charge is -1.96. The SMILES string of the molecule is CCC#CC(=O)OCCS(=O)(=O)O. The molecule has 1 N–H and O–H groups in total. The van der Waals surface area contributed by atoms with Gasteiger partial charge in [-0.1, -0.05) is 12.8 Å². The number of esters is 1. The molecule has 0 aromatic rings. The highest BCUT2D eigenvalue weighted by atomic mass is 32.2. The first-order valence-electron chi connectivity index (χ1n) is 3.56. The van der Waals surface area contributed by atoms with Crippen molar-refractivity contribution in [1.29, 1.82) is 0 Å². The number of carbonyl (C=O) groups excluding carboxylic acids is 1. The van der Waals surface area contributed by atoms with Crippen LogP contribution >= 0.6 is 0 Å². The molecule has 0 bridgehead atoms. The fraction of sp³-hybridized carbons (Fsp3) is 0.571. The second-order valence-corrected chi connectivity index (χ2v) is 3.65. The van der Waals surface area contributed by atoms with Crippen LogP contribution in [0.15, 0.2) is 0 Å². The van der Waals surface area contributed by atoms with E-state index in [1.165, 1.54) is 0 Å². The Morgan fingerprint density at radius 3 is 2.62 bits per heavy atom. The van der Waals surface area contributed by atoms with Crippen LogP contribution in [-0.4, -0.2) is 31.3 Å². The fourth-order valence-corrected chi connectivity index (χ4v) is 0.730. The van der Waals surface area contributed by atoms with Crippen LogP contribution in [0.4, 0.5) is 0 Å². The average Bonchev–Trinajstić information content (AvgIpc) is 1.98. The van der Waals surface area contributed by atoms with Gasteiger partial charge in [-0.3, -0.25) is 4.55 Å². The van der Waals surface area contributed by atoms with E-state index in [2.05, 4.69) is 16.6 Å². The predicted octanol–water partition coefficient (Wildman–Crippen LogP) is -0.169. The molecule has 74 valence electrons. The lowest BCUT2D eigenvalue weighted by Crippen LogP contribution is -2.13. The topological polar surface area (TPSA) is 80.7 Å². The molecule has 0 heterocycles. The molecule has 0 radical (unpaired) electrons. The number of rotatable bonds is 3. The monoisotopic (exact) mass is 206 g/mol. The Kier molecular flexibility index (Phi) is 5.11.